The zero-order valence-corrected chi connectivity index (χ0v) is 12.1. The molecule has 3 rings (SSSR count). The van der Waals surface area contributed by atoms with E-state index >= 15 is 0 Å². The molecule has 0 spiro atoms. The Morgan fingerprint density at radius 1 is 1.19 bits per heavy atom. The van der Waals surface area contributed by atoms with Crippen molar-refractivity contribution in [2.24, 2.45) is 0 Å². The molecule has 5 heteroatoms. The van der Waals surface area contributed by atoms with E-state index < -0.39 is 0 Å². The smallest absolute Gasteiger partial charge is 0.261 e. The molecule has 2 aromatic carbocycles. The number of fused-ring (bicyclic) bond motifs is 1. The molecule has 4 nitrogen and oxygen atoms in total. The maximum absolute atomic E-state index is 12.2. The fraction of sp³-hybridized carbons (Fsp3) is 0.188. The SMILES string of the molecule is Nc1ccc2c(c1)CN(Cc1ccc(Cl)cc1)C(=O)CO2. The third-order valence-electron chi connectivity index (χ3n) is 3.44. The lowest BCUT2D eigenvalue weighted by Gasteiger charge is -2.20. The number of ether oxygens (including phenoxy) is 1. The highest BCUT2D eigenvalue weighted by molar-refractivity contribution is 6.30. The quantitative estimate of drug-likeness (QED) is 0.868. The van der Waals surface area contributed by atoms with Gasteiger partial charge in [0, 0.05) is 29.4 Å². The van der Waals surface area contributed by atoms with E-state index in [1.54, 1.807) is 11.0 Å². The number of benzene rings is 2. The summed E-state index contributed by atoms with van der Waals surface area (Å²) in [5.41, 5.74) is 8.43. The van der Waals surface area contributed by atoms with Gasteiger partial charge in [-0.05, 0) is 35.9 Å². The van der Waals surface area contributed by atoms with Gasteiger partial charge in [-0.1, -0.05) is 23.7 Å². The molecular weight excluding hydrogens is 288 g/mol. The van der Waals surface area contributed by atoms with Crippen LogP contribution in [0.4, 0.5) is 5.69 Å². The highest BCUT2D eigenvalue weighted by Gasteiger charge is 2.21. The average Bonchev–Trinajstić information content (AvgIpc) is 2.61. The van der Waals surface area contributed by atoms with Crippen LogP contribution >= 0.6 is 11.6 Å². The molecule has 0 radical (unpaired) electrons. The van der Waals surface area contributed by atoms with E-state index in [-0.39, 0.29) is 12.5 Å². The predicted octanol–water partition coefficient (Wildman–Crippen LogP) is 2.84. The summed E-state index contributed by atoms with van der Waals surface area (Å²) in [5.74, 6) is 0.677. The number of carbonyl (C=O) groups is 1. The van der Waals surface area contributed by atoms with Crippen LogP contribution in [0.5, 0.6) is 5.75 Å². The number of nitrogens with two attached hydrogens (primary N) is 1. The predicted molar refractivity (Wildman–Crippen MR) is 82.1 cm³/mol. The Balaban J connectivity index is 1.84. The molecule has 0 aromatic heterocycles. The maximum atomic E-state index is 12.2. The molecule has 0 atom stereocenters. The van der Waals surface area contributed by atoms with Crippen LogP contribution in [0.15, 0.2) is 42.5 Å². The monoisotopic (exact) mass is 302 g/mol. The van der Waals surface area contributed by atoms with Crippen molar-refractivity contribution in [2.45, 2.75) is 13.1 Å². The molecule has 2 N–H and O–H groups in total. The van der Waals surface area contributed by atoms with Gasteiger partial charge in [0.1, 0.15) is 5.75 Å². The van der Waals surface area contributed by atoms with Crippen LogP contribution in [0, 0.1) is 0 Å². The summed E-state index contributed by atoms with van der Waals surface area (Å²) in [6.45, 7) is 1.06. The zero-order valence-electron chi connectivity index (χ0n) is 11.4. The third kappa shape index (κ3) is 3.11. The minimum absolute atomic E-state index is 0.0419. The van der Waals surface area contributed by atoms with E-state index in [4.69, 9.17) is 22.1 Å². The normalized spacial score (nSPS) is 14.3. The first-order valence-corrected chi connectivity index (χ1v) is 7.03. The molecule has 21 heavy (non-hydrogen) atoms. The summed E-state index contributed by atoms with van der Waals surface area (Å²) < 4.78 is 5.53. The number of nitrogens with zero attached hydrogens (tertiary/aromatic N) is 1. The molecule has 1 aliphatic heterocycles. The van der Waals surface area contributed by atoms with Gasteiger partial charge < -0.3 is 15.4 Å². The van der Waals surface area contributed by atoms with Crippen LogP contribution in [0.2, 0.25) is 5.02 Å². The first-order valence-electron chi connectivity index (χ1n) is 6.65. The summed E-state index contributed by atoms with van der Waals surface area (Å²) in [7, 11) is 0. The summed E-state index contributed by atoms with van der Waals surface area (Å²) in [5, 5.41) is 0.683. The number of carbonyl (C=O) groups excluding carboxylic acids is 1. The van der Waals surface area contributed by atoms with Crippen LogP contribution in [-0.2, 0) is 17.9 Å². The number of hydrogen-bond donors (Lipinski definition) is 1. The molecule has 0 saturated heterocycles. The standard InChI is InChI=1S/C16H15ClN2O2/c17-13-3-1-11(2-4-13)8-19-9-12-7-14(18)5-6-15(12)21-10-16(19)20/h1-7H,8-10,18H2. The number of nitrogen functional groups attached to an aromatic ring is 1. The number of anilines is 1. The van der Waals surface area contributed by atoms with Gasteiger partial charge in [-0.25, -0.2) is 0 Å². The summed E-state index contributed by atoms with van der Waals surface area (Å²) in [4.78, 5) is 13.9. The first kappa shape index (κ1) is 13.8. The molecule has 0 unspecified atom stereocenters. The molecule has 1 amide bonds. The summed E-state index contributed by atoms with van der Waals surface area (Å²) in [6, 6.07) is 12.9. The minimum atomic E-state index is -0.0419. The van der Waals surface area contributed by atoms with E-state index in [0.717, 1.165) is 16.9 Å². The van der Waals surface area contributed by atoms with E-state index in [9.17, 15) is 4.79 Å². The molecule has 0 saturated carbocycles. The largest absolute Gasteiger partial charge is 0.483 e. The van der Waals surface area contributed by atoms with Crippen LogP contribution in [0.3, 0.4) is 0 Å². The van der Waals surface area contributed by atoms with Gasteiger partial charge in [0.25, 0.3) is 5.91 Å². The summed E-state index contributed by atoms with van der Waals surface area (Å²) >= 11 is 5.88. The number of halogens is 1. The third-order valence-corrected chi connectivity index (χ3v) is 3.69. The van der Waals surface area contributed by atoms with E-state index in [1.165, 1.54) is 0 Å². The second kappa shape index (κ2) is 5.66. The topological polar surface area (TPSA) is 55.6 Å². The minimum Gasteiger partial charge on any atom is -0.483 e. The van der Waals surface area contributed by atoms with Crippen molar-refractivity contribution < 1.29 is 9.53 Å². The zero-order chi connectivity index (χ0) is 14.8. The van der Waals surface area contributed by atoms with Crippen molar-refractivity contribution >= 4 is 23.2 Å². The van der Waals surface area contributed by atoms with Crippen LogP contribution in [0.25, 0.3) is 0 Å². The molecule has 1 heterocycles. The molecule has 0 aliphatic carbocycles. The molecule has 1 aliphatic rings. The second-order valence-corrected chi connectivity index (χ2v) is 5.47. The Labute approximate surface area is 128 Å². The van der Waals surface area contributed by atoms with E-state index in [1.807, 2.05) is 36.4 Å². The van der Waals surface area contributed by atoms with Crippen molar-refractivity contribution in [3.8, 4) is 5.75 Å². The fourth-order valence-corrected chi connectivity index (χ4v) is 2.47. The Morgan fingerprint density at radius 3 is 2.71 bits per heavy atom. The molecule has 2 aromatic rings. The highest BCUT2D eigenvalue weighted by atomic mass is 35.5. The number of hydrogen-bond acceptors (Lipinski definition) is 3. The number of amides is 1. The Morgan fingerprint density at radius 2 is 1.95 bits per heavy atom. The van der Waals surface area contributed by atoms with E-state index in [2.05, 4.69) is 0 Å². The van der Waals surface area contributed by atoms with Gasteiger partial charge in [-0.2, -0.15) is 0 Å². The van der Waals surface area contributed by atoms with Crippen molar-refractivity contribution in [1.82, 2.24) is 4.90 Å². The van der Waals surface area contributed by atoms with Crippen molar-refractivity contribution in [3.63, 3.8) is 0 Å². The average molecular weight is 303 g/mol. The first-order chi connectivity index (χ1) is 10.1. The van der Waals surface area contributed by atoms with Gasteiger partial charge in [-0.15, -0.1) is 0 Å². The molecule has 108 valence electrons. The van der Waals surface area contributed by atoms with Crippen LogP contribution in [0.1, 0.15) is 11.1 Å². The molecule has 0 bridgehead atoms. The Bertz CT molecular complexity index is 670. The van der Waals surface area contributed by atoms with Gasteiger partial charge >= 0.3 is 0 Å². The van der Waals surface area contributed by atoms with Gasteiger partial charge in [0.05, 0.1) is 0 Å². The fourth-order valence-electron chi connectivity index (χ4n) is 2.34. The van der Waals surface area contributed by atoms with Gasteiger partial charge in [-0.3, -0.25) is 4.79 Å². The van der Waals surface area contributed by atoms with Crippen LogP contribution in [-0.4, -0.2) is 17.4 Å². The van der Waals surface area contributed by atoms with Crippen molar-refractivity contribution in [3.05, 3.63) is 58.6 Å². The lowest BCUT2D eigenvalue weighted by molar-refractivity contribution is -0.133. The van der Waals surface area contributed by atoms with Crippen molar-refractivity contribution in [2.75, 3.05) is 12.3 Å². The lowest BCUT2D eigenvalue weighted by atomic mass is 10.1. The van der Waals surface area contributed by atoms with Gasteiger partial charge in [0.2, 0.25) is 0 Å². The highest BCUT2D eigenvalue weighted by Crippen LogP contribution is 2.26. The second-order valence-electron chi connectivity index (χ2n) is 5.03. The Kier molecular flexibility index (Phi) is 3.71. The molecular formula is C16H15ClN2O2. The maximum Gasteiger partial charge on any atom is 0.261 e. The van der Waals surface area contributed by atoms with Crippen LogP contribution < -0.4 is 10.5 Å². The molecule has 0 fully saturated rings. The summed E-state index contributed by atoms with van der Waals surface area (Å²) in [6.07, 6.45) is 0. The van der Waals surface area contributed by atoms with Gasteiger partial charge in [0.15, 0.2) is 6.61 Å². The Hall–Kier alpha value is -2.20. The van der Waals surface area contributed by atoms with E-state index in [0.29, 0.717) is 23.8 Å². The number of rotatable bonds is 2. The van der Waals surface area contributed by atoms with Crippen molar-refractivity contribution in [1.29, 1.82) is 0 Å². The lowest BCUT2D eigenvalue weighted by Crippen LogP contribution is -2.31.